The molecule has 1 unspecified atom stereocenters. The molecule has 2 N–H and O–H groups in total. The van der Waals surface area contributed by atoms with Crippen LogP contribution in [0.5, 0.6) is 0 Å². The van der Waals surface area contributed by atoms with Gasteiger partial charge in [-0.3, -0.25) is 9.59 Å². The Morgan fingerprint density at radius 1 is 1.35 bits per heavy atom. The van der Waals surface area contributed by atoms with E-state index in [-0.39, 0.29) is 11.8 Å². The molecule has 2 amide bonds. The monoisotopic (exact) mass is 292 g/mol. The van der Waals surface area contributed by atoms with Crippen molar-refractivity contribution < 1.29 is 9.59 Å². The first-order chi connectivity index (χ1) is 9.56. The molecule has 1 atom stereocenters. The van der Waals surface area contributed by atoms with E-state index in [0.29, 0.717) is 18.1 Å². The average Bonchev–Trinajstić information content (AvgIpc) is 2.64. The van der Waals surface area contributed by atoms with Crippen molar-refractivity contribution in [2.24, 2.45) is 0 Å². The summed E-state index contributed by atoms with van der Waals surface area (Å²) >= 11 is 1.63. The molecule has 2 rings (SSSR count). The van der Waals surface area contributed by atoms with E-state index >= 15 is 0 Å². The molecule has 1 fully saturated rings. The zero-order valence-corrected chi connectivity index (χ0v) is 12.6. The minimum atomic E-state index is -0.445. The van der Waals surface area contributed by atoms with E-state index in [1.165, 1.54) is 5.56 Å². The van der Waals surface area contributed by atoms with Crippen molar-refractivity contribution in [3.8, 4) is 0 Å². The fourth-order valence-corrected chi connectivity index (χ4v) is 2.96. The third-order valence-corrected chi connectivity index (χ3v) is 4.32. The third-order valence-electron chi connectivity index (χ3n) is 3.25. The van der Waals surface area contributed by atoms with E-state index in [1.807, 2.05) is 24.3 Å². The molecule has 1 aromatic carbocycles. The number of hydrogen-bond donors (Lipinski definition) is 2. The van der Waals surface area contributed by atoms with Crippen molar-refractivity contribution in [1.82, 2.24) is 5.32 Å². The molecule has 4 nitrogen and oxygen atoms in total. The number of carbonyl (C=O) groups excluding carboxylic acids is 2. The summed E-state index contributed by atoms with van der Waals surface area (Å²) in [6.07, 6.45) is 0.484. The number of amides is 2. The highest BCUT2D eigenvalue weighted by atomic mass is 32.2. The van der Waals surface area contributed by atoms with E-state index in [2.05, 4.69) is 24.5 Å². The molecule has 1 aliphatic heterocycles. The van der Waals surface area contributed by atoms with E-state index < -0.39 is 6.04 Å². The Morgan fingerprint density at radius 2 is 2.05 bits per heavy atom. The summed E-state index contributed by atoms with van der Waals surface area (Å²) in [5.41, 5.74) is 2.00. The summed E-state index contributed by atoms with van der Waals surface area (Å²) in [5.74, 6) is 1.67. The van der Waals surface area contributed by atoms with Crippen LogP contribution in [0.15, 0.2) is 24.3 Å². The minimum absolute atomic E-state index is 0.0506. The Morgan fingerprint density at radius 3 is 2.70 bits per heavy atom. The van der Waals surface area contributed by atoms with Gasteiger partial charge in [0.15, 0.2) is 0 Å². The SMILES string of the molecule is CC(C)c1ccc(NC(=O)C2CSCCC(=O)N2)cc1. The van der Waals surface area contributed by atoms with Gasteiger partial charge < -0.3 is 10.6 Å². The molecule has 5 heteroatoms. The second-order valence-corrected chi connectivity index (χ2v) is 6.36. The Labute approximate surface area is 123 Å². The number of benzene rings is 1. The molecule has 1 aliphatic rings. The number of rotatable bonds is 3. The van der Waals surface area contributed by atoms with Crippen LogP contribution in [0, 0.1) is 0 Å². The lowest BCUT2D eigenvalue weighted by atomic mass is 10.0. The number of hydrogen-bond acceptors (Lipinski definition) is 3. The van der Waals surface area contributed by atoms with E-state index in [0.717, 1.165) is 11.4 Å². The molecule has 108 valence electrons. The Balaban J connectivity index is 1.98. The molecule has 0 aromatic heterocycles. The van der Waals surface area contributed by atoms with Crippen molar-refractivity contribution in [3.63, 3.8) is 0 Å². The summed E-state index contributed by atoms with van der Waals surface area (Å²) < 4.78 is 0. The normalized spacial score (nSPS) is 19.4. The zero-order chi connectivity index (χ0) is 14.5. The van der Waals surface area contributed by atoms with E-state index in [4.69, 9.17) is 0 Å². The van der Waals surface area contributed by atoms with Gasteiger partial charge in [0.2, 0.25) is 11.8 Å². The smallest absolute Gasteiger partial charge is 0.247 e. The van der Waals surface area contributed by atoms with Gasteiger partial charge >= 0.3 is 0 Å². The fraction of sp³-hybridized carbons (Fsp3) is 0.467. The van der Waals surface area contributed by atoms with Gasteiger partial charge in [-0.05, 0) is 23.6 Å². The third kappa shape index (κ3) is 4.00. The van der Waals surface area contributed by atoms with Crippen LogP contribution in [0.1, 0.15) is 31.7 Å². The zero-order valence-electron chi connectivity index (χ0n) is 11.8. The van der Waals surface area contributed by atoms with Crippen molar-refractivity contribution in [2.75, 3.05) is 16.8 Å². The lowest BCUT2D eigenvalue weighted by Gasteiger charge is -2.15. The summed E-state index contributed by atoms with van der Waals surface area (Å²) in [6.45, 7) is 4.26. The first-order valence-corrected chi connectivity index (χ1v) is 7.99. The molecule has 20 heavy (non-hydrogen) atoms. The molecule has 0 spiro atoms. The first kappa shape index (κ1) is 14.9. The number of nitrogens with one attached hydrogen (secondary N) is 2. The van der Waals surface area contributed by atoms with Crippen LogP contribution in [0.4, 0.5) is 5.69 Å². The summed E-state index contributed by atoms with van der Waals surface area (Å²) in [5, 5.41) is 5.62. The number of carbonyl (C=O) groups is 2. The highest BCUT2D eigenvalue weighted by Crippen LogP contribution is 2.18. The van der Waals surface area contributed by atoms with Crippen LogP contribution >= 0.6 is 11.8 Å². The highest BCUT2D eigenvalue weighted by molar-refractivity contribution is 7.99. The lowest BCUT2D eigenvalue weighted by molar-refractivity contribution is -0.125. The van der Waals surface area contributed by atoms with Crippen LogP contribution < -0.4 is 10.6 Å². The Kier molecular flexibility index (Phi) is 5.06. The molecule has 1 heterocycles. The van der Waals surface area contributed by atoms with Gasteiger partial charge in [-0.15, -0.1) is 0 Å². The van der Waals surface area contributed by atoms with E-state index in [1.54, 1.807) is 11.8 Å². The quantitative estimate of drug-likeness (QED) is 0.899. The minimum Gasteiger partial charge on any atom is -0.343 e. The molecule has 0 radical (unpaired) electrons. The van der Waals surface area contributed by atoms with Gasteiger partial charge in [0.25, 0.3) is 0 Å². The molecule has 1 aromatic rings. The predicted molar refractivity (Wildman–Crippen MR) is 83.0 cm³/mol. The molecular weight excluding hydrogens is 272 g/mol. The van der Waals surface area contributed by atoms with Crippen molar-refractivity contribution in [3.05, 3.63) is 29.8 Å². The van der Waals surface area contributed by atoms with Gasteiger partial charge in [-0.25, -0.2) is 0 Å². The second kappa shape index (κ2) is 6.79. The van der Waals surface area contributed by atoms with Crippen LogP contribution in [0.3, 0.4) is 0 Å². The van der Waals surface area contributed by atoms with Crippen LogP contribution in [0.25, 0.3) is 0 Å². The number of thioether (sulfide) groups is 1. The average molecular weight is 292 g/mol. The largest absolute Gasteiger partial charge is 0.343 e. The van der Waals surface area contributed by atoms with Crippen molar-refractivity contribution in [2.45, 2.75) is 32.2 Å². The molecular formula is C15H20N2O2S. The summed E-state index contributed by atoms with van der Waals surface area (Å²) in [7, 11) is 0. The number of anilines is 1. The van der Waals surface area contributed by atoms with Crippen LogP contribution in [-0.2, 0) is 9.59 Å². The van der Waals surface area contributed by atoms with Crippen LogP contribution in [-0.4, -0.2) is 29.4 Å². The lowest BCUT2D eigenvalue weighted by Crippen LogP contribution is -2.44. The van der Waals surface area contributed by atoms with Crippen LogP contribution in [0.2, 0.25) is 0 Å². The highest BCUT2D eigenvalue weighted by Gasteiger charge is 2.23. The van der Waals surface area contributed by atoms with Crippen molar-refractivity contribution in [1.29, 1.82) is 0 Å². The second-order valence-electron chi connectivity index (χ2n) is 5.21. The molecule has 0 bridgehead atoms. The predicted octanol–water partition coefficient (Wildman–Crippen LogP) is 2.37. The fourth-order valence-electron chi connectivity index (χ4n) is 2.00. The Hall–Kier alpha value is -1.49. The van der Waals surface area contributed by atoms with Gasteiger partial charge in [-0.2, -0.15) is 11.8 Å². The van der Waals surface area contributed by atoms with Crippen molar-refractivity contribution >= 4 is 29.3 Å². The topological polar surface area (TPSA) is 58.2 Å². The molecule has 0 saturated carbocycles. The maximum Gasteiger partial charge on any atom is 0.247 e. The van der Waals surface area contributed by atoms with E-state index in [9.17, 15) is 9.59 Å². The first-order valence-electron chi connectivity index (χ1n) is 6.84. The maximum atomic E-state index is 12.1. The van der Waals surface area contributed by atoms with Gasteiger partial charge in [-0.1, -0.05) is 26.0 Å². The Bertz CT molecular complexity index is 485. The maximum absolute atomic E-state index is 12.1. The summed E-state index contributed by atoms with van der Waals surface area (Å²) in [4.78, 5) is 23.6. The van der Waals surface area contributed by atoms with Gasteiger partial charge in [0, 0.05) is 23.6 Å². The summed E-state index contributed by atoms with van der Waals surface area (Å²) in [6, 6.07) is 7.39. The van der Waals surface area contributed by atoms with Gasteiger partial charge in [0.1, 0.15) is 6.04 Å². The van der Waals surface area contributed by atoms with Gasteiger partial charge in [0.05, 0.1) is 0 Å². The molecule has 0 aliphatic carbocycles. The molecule has 1 saturated heterocycles. The standard InChI is InChI=1S/C15H20N2O2S/c1-10(2)11-3-5-12(6-4-11)16-15(19)13-9-20-8-7-14(18)17-13/h3-6,10,13H,7-9H2,1-2H3,(H,16,19)(H,17,18).